The van der Waals surface area contributed by atoms with Crippen molar-refractivity contribution in [1.29, 1.82) is 0 Å². The highest BCUT2D eigenvalue weighted by Crippen LogP contribution is 2.69. The minimum absolute atomic E-state index is 0.318. The molecule has 3 rings (SSSR count). The minimum atomic E-state index is 0.318. The Morgan fingerprint density at radius 1 is 1.13 bits per heavy atom. The fourth-order valence-electron chi connectivity index (χ4n) is 4.22. The summed E-state index contributed by atoms with van der Waals surface area (Å²) in [6.45, 7) is 7.19. The van der Waals surface area contributed by atoms with Gasteiger partial charge in [0.2, 0.25) is 0 Å². The third-order valence-electron chi connectivity index (χ3n) is 5.35. The van der Waals surface area contributed by atoms with Crippen LogP contribution < -0.4 is 0 Å². The van der Waals surface area contributed by atoms with E-state index < -0.39 is 0 Å². The van der Waals surface area contributed by atoms with Crippen LogP contribution in [0.2, 0.25) is 0 Å². The maximum atomic E-state index is 6.68. The molecule has 0 N–H and O–H groups in total. The van der Waals surface area contributed by atoms with Crippen molar-refractivity contribution in [3.63, 3.8) is 0 Å². The first-order valence-corrected chi connectivity index (χ1v) is 6.69. The van der Waals surface area contributed by atoms with Gasteiger partial charge in [-0.15, -0.1) is 11.6 Å². The average Bonchev–Trinajstić information content (AvgIpc) is 2.62. The zero-order valence-electron chi connectivity index (χ0n) is 9.96. The number of hydrogen-bond acceptors (Lipinski definition) is 0. The van der Waals surface area contributed by atoms with Gasteiger partial charge >= 0.3 is 0 Å². The van der Waals surface area contributed by atoms with Crippen molar-refractivity contribution in [2.75, 3.05) is 0 Å². The van der Waals surface area contributed by atoms with E-state index in [1.807, 2.05) is 0 Å². The largest absolute Gasteiger partial charge is 0.122 e. The molecule has 0 aromatic heterocycles. The van der Waals surface area contributed by atoms with Gasteiger partial charge in [-0.05, 0) is 47.8 Å². The summed E-state index contributed by atoms with van der Waals surface area (Å²) in [6, 6.07) is 0. The summed E-state index contributed by atoms with van der Waals surface area (Å²) in [6.07, 6.45) is 8.82. The second-order valence-corrected chi connectivity index (χ2v) is 7.32. The first-order valence-electron chi connectivity index (χ1n) is 6.26. The molecule has 0 bridgehead atoms. The Bertz CT molecular complexity index is 317. The highest BCUT2D eigenvalue weighted by Gasteiger charge is 2.64. The van der Waals surface area contributed by atoms with Gasteiger partial charge < -0.3 is 0 Å². The number of rotatable bonds is 0. The molecule has 3 aliphatic carbocycles. The van der Waals surface area contributed by atoms with Gasteiger partial charge in [0.05, 0.1) is 0 Å². The zero-order valence-corrected chi connectivity index (χ0v) is 10.7. The predicted octanol–water partition coefficient (Wildman–Crippen LogP) is 4.24. The van der Waals surface area contributed by atoms with E-state index in [9.17, 15) is 0 Å². The van der Waals surface area contributed by atoms with E-state index in [1.165, 1.54) is 19.3 Å². The topological polar surface area (TPSA) is 0 Å². The van der Waals surface area contributed by atoms with Gasteiger partial charge in [0.15, 0.2) is 0 Å². The van der Waals surface area contributed by atoms with E-state index in [-0.39, 0.29) is 0 Å². The molecule has 0 saturated heterocycles. The lowest BCUT2D eigenvalue weighted by molar-refractivity contribution is 0.235. The molecule has 0 spiro atoms. The van der Waals surface area contributed by atoms with Crippen LogP contribution in [0.25, 0.3) is 0 Å². The van der Waals surface area contributed by atoms with E-state index >= 15 is 0 Å². The Morgan fingerprint density at radius 2 is 1.87 bits per heavy atom. The quantitative estimate of drug-likeness (QED) is 0.427. The Balaban J connectivity index is 1.97. The maximum absolute atomic E-state index is 6.68. The summed E-state index contributed by atoms with van der Waals surface area (Å²) >= 11 is 6.68. The van der Waals surface area contributed by atoms with Gasteiger partial charge in [-0.3, -0.25) is 0 Å². The predicted molar refractivity (Wildman–Crippen MR) is 65.0 cm³/mol. The van der Waals surface area contributed by atoms with Crippen molar-refractivity contribution >= 4 is 11.6 Å². The highest BCUT2D eigenvalue weighted by atomic mass is 35.5. The van der Waals surface area contributed by atoms with Gasteiger partial charge in [0.25, 0.3) is 0 Å². The second kappa shape index (κ2) is 2.83. The van der Waals surface area contributed by atoms with Gasteiger partial charge in [-0.2, -0.15) is 0 Å². The van der Waals surface area contributed by atoms with Crippen molar-refractivity contribution in [3.05, 3.63) is 12.2 Å². The molecule has 2 saturated carbocycles. The van der Waals surface area contributed by atoms with Crippen LogP contribution >= 0.6 is 11.6 Å². The third-order valence-corrected chi connectivity index (χ3v) is 6.24. The Hall–Kier alpha value is 0.0300. The summed E-state index contributed by atoms with van der Waals surface area (Å²) in [5.41, 5.74) is 0.881. The van der Waals surface area contributed by atoms with Crippen LogP contribution in [0.1, 0.15) is 40.0 Å². The molecule has 2 fully saturated rings. The van der Waals surface area contributed by atoms with Crippen molar-refractivity contribution in [1.82, 2.24) is 0 Å². The summed E-state index contributed by atoms with van der Waals surface area (Å²) < 4.78 is 0. The molecule has 0 amide bonds. The van der Waals surface area contributed by atoms with E-state index in [2.05, 4.69) is 32.9 Å². The summed E-state index contributed by atoms with van der Waals surface area (Å²) in [5.74, 6) is 2.48. The van der Waals surface area contributed by atoms with E-state index in [0.717, 1.165) is 17.8 Å². The Labute approximate surface area is 98.1 Å². The van der Waals surface area contributed by atoms with Crippen molar-refractivity contribution in [2.24, 2.45) is 28.6 Å². The first-order chi connectivity index (χ1) is 6.95. The first kappa shape index (κ1) is 10.2. The lowest BCUT2D eigenvalue weighted by Gasteiger charge is -2.31. The lowest BCUT2D eigenvalue weighted by atomic mass is 9.76. The Kier molecular flexibility index (Phi) is 1.92. The van der Waals surface area contributed by atoms with Gasteiger partial charge in [-0.25, -0.2) is 0 Å². The molecule has 0 unspecified atom stereocenters. The van der Waals surface area contributed by atoms with Gasteiger partial charge in [0, 0.05) is 5.38 Å². The lowest BCUT2D eigenvalue weighted by Crippen LogP contribution is -2.27. The number of alkyl halides is 1. The molecule has 0 radical (unpaired) electrons. The summed E-state index contributed by atoms with van der Waals surface area (Å²) in [5, 5.41) is 0.390. The van der Waals surface area contributed by atoms with Crippen LogP contribution in [0, 0.1) is 28.6 Å². The summed E-state index contributed by atoms with van der Waals surface area (Å²) in [4.78, 5) is 0. The molecule has 0 aromatic carbocycles. The van der Waals surface area contributed by atoms with E-state index in [0.29, 0.717) is 16.2 Å². The number of halogens is 1. The molecule has 3 aliphatic rings. The fourth-order valence-corrected chi connectivity index (χ4v) is 4.69. The molecule has 84 valence electrons. The van der Waals surface area contributed by atoms with Crippen LogP contribution in [0.4, 0.5) is 0 Å². The van der Waals surface area contributed by atoms with E-state index in [4.69, 9.17) is 11.6 Å². The number of hydrogen-bond donors (Lipinski definition) is 0. The normalized spacial score (nSPS) is 55.7. The standard InChI is InChI=1S/C14H21Cl/c1-13(2)7-9-5-4-6-10(9)14(3)8-11(14)12(13)15/h4-5,9-12H,6-8H2,1-3H3/t9-,10+,11+,12-,14-/m1/s1. The maximum Gasteiger partial charge on any atom is 0.0421 e. The fraction of sp³-hybridized carbons (Fsp3) is 0.857. The van der Waals surface area contributed by atoms with Crippen LogP contribution in [0.15, 0.2) is 12.2 Å². The second-order valence-electron chi connectivity index (χ2n) is 6.85. The number of fused-ring (bicyclic) bond motifs is 3. The molecular formula is C14H21Cl. The molecule has 5 atom stereocenters. The average molecular weight is 225 g/mol. The zero-order chi connectivity index (χ0) is 10.8. The van der Waals surface area contributed by atoms with Crippen LogP contribution in [0.5, 0.6) is 0 Å². The van der Waals surface area contributed by atoms with Crippen molar-refractivity contribution in [3.8, 4) is 0 Å². The SMILES string of the molecule is CC1(C)C[C@H]2C=CC[C@@H]2[C@@]2(C)C[C@H]2[C@H]1Cl. The molecular weight excluding hydrogens is 204 g/mol. The molecule has 0 aromatic rings. The van der Waals surface area contributed by atoms with Crippen molar-refractivity contribution in [2.45, 2.75) is 45.4 Å². The van der Waals surface area contributed by atoms with Crippen LogP contribution in [-0.2, 0) is 0 Å². The highest BCUT2D eigenvalue weighted by molar-refractivity contribution is 6.21. The Morgan fingerprint density at radius 3 is 2.60 bits per heavy atom. The van der Waals surface area contributed by atoms with Crippen LogP contribution in [-0.4, -0.2) is 5.38 Å². The number of allylic oxidation sites excluding steroid dienone is 2. The molecule has 0 aliphatic heterocycles. The van der Waals surface area contributed by atoms with Crippen molar-refractivity contribution < 1.29 is 0 Å². The van der Waals surface area contributed by atoms with Gasteiger partial charge in [-0.1, -0.05) is 32.9 Å². The molecule has 1 heteroatoms. The third kappa shape index (κ3) is 1.27. The molecule has 0 heterocycles. The minimum Gasteiger partial charge on any atom is -0.122 e. The smallest absolute Gasteiger partial charge is 0.0421 e. The molecule has 15 heavy (non-hydrogen) atoms. The van der Waals surface area contributed by atoms with Crippen LogP contribution in [0.3, 0.4) is 0 Å². The van der Waals surface area contributed by atoms with Gasteiger partial charge in [0.1, 0.15) is 0 Å². The van der Waals surface area contributed by atoms with E-state index in [1.54, 1.807) is 0 Å². The molecule has 0 nitrogen and oxygen atoms in total. The monoisotopic (exact) mass is 224 g/mol. The summed E-state index contributed by atoms with van der Waals surface area (Å²) in [7, 11) is 0.